The number of piperidine rings is 1. The normalized spacial score (nSPS) is 23.9. The molecule has 4 nitrogen and oxygen atoms in total. The maximum Gasteiger partial charge on any atom is 0.156 e. The molecule has 0 aromatic heterocycles. The molecule has 1 aliphatic heterocycles. The first-order chi connectivity index (χ1) is 7.76. The van der Waals surface area contributed by atoms with Gasteiger partial charge in [0.1, 0.15) is 0 Å². The molecule has 0 amide bonds. The zero-order valence-electron chi connectivity index (χ0n) is 11.1. The summed E-state index contributed by atoms with van der Waals surface area (Å²) >= 11 is 0. The van der Waals surface area contributed by atoms with Crippen LogP contribution < -0.4 is 0 Å². The van der Waals surface area contributed by atoms with Crippen LogP contribution in [0.15, 0.2) is 0 Å². The molecule has 0 aromatic rings. The van der Waals surface area contributed by atoms with Crippen LogP contribution in [0.1, 0.15) is 33.6 Å². The summed E-state index contributed by atoms with van der Waals surface area (Å²) in [6.45, 7) is 7.82. The molecule has 0 aromatic carbocycles. The first-order valence-corrected chi connectivity index (χ1v) is 7.97. The van der Waals surface area contributed by atoms with Gasteiger partial charge in [0.25, 0.3) is 0 Å². The Morgan fingerprint density at radius 1 is 1.35 bits per heavy atom. The van der Waals surface area contributed by atoms with Gasteiger partial charge in [-0.1, -0.05) is 0 Å². The summed E-state index contributed by atoms with van der Waals surface area (Å²) in [5.74, 6) is 0.537. The van der Waals surface area contributed by atoms with Gasteiger partial charge in [-0.15, -0.1) is 0 Å². The molecule has 17 heavy (non-hydrogen) atoms. The van der Waals surface area contributed by atoms with Crippen molar-refractivity contribution in [2.24, 2.45) is 5.92 Å². The number of aliphatic hydroxyl groups is 1. The van der Waals surface area contributed by atoms with E-state index in [9.17, 15) is 8.42 Å². The standard InChI is InChI=1S/C12H25NO3S/c1-12(2,3)17(15,16)8-7-13-6-4-5-11(9-13)10-14/h11,14H,4-10H2,1-3H3. The van der Waals surface area contributed by atoms with Crippen LogP contribution >= 0.6 is 0 Å². The molecule has 1 aliphatic rings. The van der Waals surface area contributed by atoms with Gasteiger partial charge >= 0.3 is 0 Å². The Morgan fingerprint density at radius 2 is 2.00 bits per heavy atom. The highest BCUT2D eigenvalue weighted by Crippen LogP contribution is 2.19. The second kappa shape index (κ2) is 5.67. The number of rotatable bonds is 4. The lowest BCUT2D eigenvalue weighted by molar-refractivity contribution is 0.125. The second-order valence-corrected chi connectivity index (χ2v) is 8.79. The first-order valence-electron chi connectivity index (χ1n) is 6.32. The van der Waals surface area contributed by atoms with Crippen molar-refractivity contribution in [2.75, 3.05) is 32.0 Å². The van der Waals surface area contributed by atoms with E-state index in [0.29, 0.717) is 12.5 Å². The minimum Gasteiger partial charge on any atom is -0.396 e. The summed E-state index contributed by atoms with van der Waals surface area (Å²) < 4.78 is 23.3. The van der Waals surface area contributed by atoms with Crippen LogP contribution in [0.25, 0.3) is 0 Å². The number of aliphatic hydroxyl groups excluding tert-OH is 1. The number of likely N-dealkylation sites (tertiary alicyclic amines) is 1. The van der Waals surface area contributed by atoms with Crippen LogP contribution in [0.2, 0.25) is 0 Å². The number of hydrogen-bond acceptors (Lipinski definition) is 4. The van der Waals surface area contributed by atoms with E-state index in [1.54, 1.807) is 20.8 Å². The maximum atomic E-state index is 12.0. The van der Waals surface area contributed by atoms with Gasteiger partial charge in [0.2, 0.25) is 0 Å². The molecule has 5 heteroatoms. The third kappa shape index (κ3) is 4.23. The number of hydrogen-bond donors (Lipinski definition) is 1. The largest absolute Gasteiger partial charge is 0.396 e. The molecule has 1 N–H and O–H groups in total. The summed E-state index contributed by atoms with van der Waals surface area (Å²) in [4.78, 5) is 2.16. The molecule has 1 heterocycles. The molecule has 1 fully saturated rings. The lowest BCUT2D eigenvalue weighted by Crippen LogP contribution is -2.41. The van der Waals surface area contributed by atoms with Gasteiger partial charge in [-0.25, -0.2) is 8.42 Å². The van der Waals surface area contributed by atoms with E-state index in [2.05, 4.69) is 4.90 Å². The summed E-state index contributed by atoms with van der Waals surface area (Å²) in [5, 5.41) is 9.12. The van der Waals surface area contributed by atoms with Gasteiger partial charge in [-0.3, -0.25) is 0 Å². The molecular weight excluding hydrogens is 238 g/mol. The molecular formula is C12H25NO3S. The highest BCUT2D eigenvalue weighted by Gasteiger charge is 2.29. The SMILES string of the molecule is CC(C)(C)S(=O)(=O)CCN1CCCC(CO)C1. The van der Waals surface area contributed by atoms with Crippen LogP contribution in [0, 0.1) is 5.92 Å². The smallest absolute Gasteiger partial charge is 0.156 e. The van der Waals surface area contributed by atoms with Crippen molar-refractivity contribution in [3.8, 4) is 0 Å². The topological polar surface area (TPSA) is 57.6 Å². The van der Waals surface area contributed by atoms with Crippen LogP contribution in [0.4, 0.5) is 0 Å². The van der Waals surface area contributed by atoms with Gasteiger partial charge < -0.3 is 10.0 Å². The van der Waals surface area contributed by atoms with Gasteiger partial charge in [0.05, 0.1) is 10.5 Å². The Bertz CT molecular complexity index is 332. The lowest BCUT2D eigenvalue weighted by Gasteiger charge is -2.32. The molecule has 0 radical (unpaired) electrons. The molecule has 0 spiro atoms. The number of nitrogens with zero attached hydrogens (tertiary/aromatic N) is 1. The molecule has 0 aliphatic carbocycles. The van der Waals surface area contributed by atoms with E-state index in [1.165, 1.54) is 0 Å². The molecule has 0 saturated carbocycles. The van der Waals surface area contributed by atoms with Gasteiger partial charge in [-0.05, 0) is 46.1 Å². The maximum absolute atomic E-state index is 12.0. The van der Waals surface area contributed by atoms with Gasteiger partial charge in [-0.2, -0.15) is 0 Å². The fraction of sp³-hybridized carbons (Fsp3) is 1.00. The van der Waals surface area contributed by atoms with Crippen molar-refractivity contribution in [1.82, 2.24) is 4.90 Å². The summed E-state index contributed by atoms with van der Waals surface area (Å²) in [6, 6.07) is 0. The lowest BCUT2D eigenvalue weighted by atomic mass is 9.99. The molecule has 1 rings (SSSR count). The highest BCUT2D eigenvalue weighted by atomic mass is 32.2. The molecule has 102 valence electrons. The Morgan fingerprint density at radius 3 is 2.53 bits per heavy atom. The average molecular weight is 263 g/mol. The second-order valence-electron chi connectivity index (χ2n) is 5.92. The third-order valence-electron chi connectivity index (χ3n) is 3.47. The zero-order valence-corrected chi connectivity index (χ0v) is 12.0. The van der Waals surface area contributed by atoms with E-state index in [0.717, 1.165) is 25.9 Å². The van der Waals surface area contributed by atoms with Gasteiger partial charge in [0.15, 0.2) is 9.84 Å². The fourth-order valence-electron chi connectivity index (χ4n) is 2.06. The predicted molar refractivity (Wildman–Crippen MR) is 69.8 cm³/mol. The Labute approximate surface area is 105 Å². The van der Waals surface area contributed by atoms with E-state index in [4.69, 9.17) is 5.11 Å². The Balaban J connectivity index is 2.46. The molecule has 1 unspecified atom stereocenters. The molecule has 1 saturated heterocycles. The predicted octanol–water partition coefficient (Wildman–Crippen LogP) is 0.904. The van der Waals surface area contributed by atoms with Crippen molar-refractivity contribution in [3.05, 3.63) is 0 Å². The highest BCUT2D eigenvalue weighted by molar-refractivity contribution is 7.92. The average Bonchev–Trinajstić information content (AvgIpc) is 2.25. The van der Waals surface area contributed by atoms with E-state index in [-0.39, 0.29) is 12.4 Å². The van der Waals surface area contributed by atoms with Crippen molar-refractivity contribution < 1.29 is 13.5 Å². The monoisotopic (exact) mass is 263 g/mol. The van der Waals surface area contributed by atoms with Crippen LogP contribution in [0.3, 0.4) is 0 Å². The summed E-state index contributed by atoms with van der Waals surface area (Å²) in [6.07, 6.45) is 2.11. The Hall–Kier alpha value is -0.130. The third-order valence-corrected chi connectivity index (χ3v) is 6.06. The minimum absolute atomic E-state index is 0.211. The quantitative estimate of drug-likeness (QED) is 0.819. The number of sulfone groups is 1. The molecule has 1 atom stereocenters. The fourth-order valence-corrected chi connectivity index (χ4v) is 3.17. The minimum atomic E-state index is -3.03. The first kappa shape index (κ1) is 14.9. The van der Waals surface area contributed by atoms with E-state index < -0.39 is 14.6 Å². The zero-order chi connectivity index (χ0) is 13.1. The van der Waals surface area contributed by atoms with Crippen molar-refractivity contribution in [1.29, 1.82) is 0 Å². The van der Waals surface area contributed by atoms with E-state index >= 15 is 0 Å². The van der Waals surface area contributed by atoms with Crippen molar-refractivity contribution >= 4 is 9.84 Å². The van der Waals surface area contributed by atoms with Gasteiger partial charge in [0, 0.05) is 19.7 Å². The van der Waals surface area contributed by atoms with Crippen LogP contribution in [0.5, 0.6) is 0 Å². The van der Waals surface area contributed by atoms with Crippen LogP contribution in [-0.2, 0) is 9.84 Å². The van der Waals surface area contributed by atoms with Crippen LogP contribution in [-0.4, -0.2) is 55.2 Å². The summed E-state index contributed by atoms with van der Waals surface area (Å²) in [7, 11) is -3.03. The van der Waals surface area contributed by atoms with Crippen molar-refractivity contribution in [2.45, 2.75) is 38.4 Å². The van der Waals surface area contributed by atoms with Crippen molar-refractivity contribution in [3.63, 3.8) is 0 Å². The molecule has 0 bridgehead atoms. The summed E-state index contributed by atoms with van der Waals surface area (Å²) in [5.41, 5.74) is 0. The Kier molecular flexibility index (Phi) is 4.98. The van der Waals surface area contributed by atoms with E-state index in [1.807, 2.05) is 0 Å².